The Hall–Kier alpha value is -0.610. The molecule has 0 aliphatic rings. The molecule has 0 aliphatic carbocycles. The Morgan fingerprint density at radius 2 is 1.94 bits per heavy atom. The molecular formula is C12H18ClNO2. The molecule has 0 saturated carbocycles. The summed E-state index contributed by atoms with van der Waals surface area (Å²) >= 11 is 5.76. The topological polar surface area (TPSA) is 41.5 Å². The van der Waals surface area contributed by atoms with Gasteiger partial charge >= 0.3 is 0 Å². The van der Waals surface area contributed by atoms with Crippen LogP contribution < -0.4 is 5.48 Å². The molecule has 0 aromatic heterocycles. The summed E-state index contributed by atoms with van der Waals surface area (Å²) in [6.45, 7) is 5.14. The molecule has 1 aromatic carbocycles. The maximum Gasteiger partial charge on any atom is 0.0937 e. The summed E-state index contributed by atoms with van der Waals surface area (Å²) in [7, 11) is 0. The Labute approximate surface area is 101 Å². The van der Waals surface area contributed by atoms with E-state index in [4.69, 9.17) is 16.4 Å². The summed E-state index contributed by atoms with van der Waals surface area (Å²) < 4.78 is 0. The van der Waals surface area contributed by atoms with E-state index in [9.17, 15) is 5.11 Å². The predicted octanol–water partition coefficient (Wildman–Crippen LogP) is 2.55. The molecular weight excluding hydrogens is 226 g/mol. The van der Waals surface area contributed by atoms with Crippen molar-refractivity contribution in [2.75, 3.05) is 13.2 Å². The zero-order chi connectivity index (χ0) is 12.0. The summed E-state index contributed by atoms with van der Waals surface area (Å²) in [6.07, 6.45) is -0.579. The molecule has 2 N–H and O–H groups in total. The van der Waals surface area contributed by atoms with Gasteiger partial charge in [-0.3, -0.25) is 0 Å². The van der Waals surface area contributed by atoms with Gasteiger partial charge in [-0.25, -0.2) is 0 Å². The van der Waals surface area contributed by atoms with Gasteiger partial charge in [0, 0.05) is 5.02 Å². The van der Waals surface area contributed by atoms with Gasteiger partial charge in [0.25, 0.3) is 0 Å². The second kappa shape index (κ2) is 6.86. The first-order valence-electron chi connectivity index (χ1n) is 5.37. The maximum absolute atomic E-state index is 9.79. The lowest BCUT2D eigenvalue weighted by atomic mass is 10.1. The number of hydroxylamine groups is 1. The van der Waals surface area contributed by atoms with Crippen molar-refractivity contribution in [1.29, 1.82) is 0 Å². The molecule has 1 rings (SSSR count). The third-order valence-corrected chi connectivity index (χ3v) is 2.30. The van der Waals surface area contributed by atoms with Crippen LogP contribution in [0.15, 0.2) is 24.3 Å². The van der Waals surface area contributed by atoms with Crippen LogP contribution in [-0.2, 0) is 4.84 Å². The van der Waals surface area contributed by atoms with Gasteiger partial charge in [0.2, 0.25) is 0 Å². The standard InChI is InChI=1S/C12H18ClNO2/c1-9(2)8-16-14-7-12(15)10-3-5-11(13)6-4-10/h3-6,9,12,14-15H,7-8H2,1-2H3. The van der Waals surface area contributed by atoms with Crippen LogP contribution in [0.3, 0.4) is 0 Å². The van der Waals surface area contributed by atoms with E-state index in [0.717, 1.165) is 5.56 Å². The van der Waals surface area contributed by atoms with Crippen molar-refractivity contribution in [3.05, 3.63) is 34.9 Å². The lowest BCUT2D eigenvalue weighted by Crippen LogP contribution is -2.23. The van der Waals surface area contributed by atoms with Crippen LogP contribution in [-0.4, -0.2) is 18.3 Å². The summed E-state index contributed by atoms with van der Waals surface area (Å²) in [4.78, 5) is 5.17. The first-order valence-corrected chi connectivity index (χ1v) is 5.75. The molecule has 0 heterocycles. The smallest absolute Gasteiger partial charge is 0.0937 e. The fourth-order valence-electron chi connectivity index (χ4n) is 1.17. The number of halogens is 1. The number of rotatable bonds is 6. The highest BCUT2D eigenvalue weighted by molar-refractivity contribution is 6.30. The van der Waals surface area contributed by atoms with E-state index in [1.54, 1.807) is 24.3 Å². The van der Waals surface area contributed by atoms with Gasteiger partial charge in [-0.1, -0.05) is 37.6 Å². The third-order valence-electron chi connectivity index (χ3n) is 2.05. The molecule has 1 unspecified atom stereocenters. The van der Waals surface area contributed by atoms with Gasteiger partial charge in [0.05, 0.1) is 19.3 Å². The highest BCUT2D eigenvalue weighted by atomic mass is 35.5. The van der Waals surface area contributed by atoms with Crippen molar-refractivity contribution in [1.82, 2.24) is 5.48 Å². The maximum atomic E-state index is 9.79. The molecule has 0 bridgehead atoms. The van der Waals surface area contributed by atoms with Gasteiger partial charge in [0.1, 0.15) is 0 Å². The Morgan fingerprint density at radius 1 is 1.31 bits per heavy atom. The highest BCUT2D eigenvalue weighted by Gasteiger charge is 2.06. The van der Waals surface area contributed by atoms with Crippen LogP contribution in [0.2, 0.25) is 5.02 Å². The van der Waals surface area contributed by atoms with Gasteiger partial charge in [0.15, 0.2) is 0 Å². The molecule has 0 amide bonds. The van der Waals surface area contributed by atoms with E-state index in [0.29, 0.717) is 24.1 Å². The molecule has 0 fully saturated rings. The van der Waals surface area contributed by atoms with E-state index in [1.807, 2.05) is 0 Å². The molecule has 0 saturated heterocycles. The Bertz CT molecular complexity index is 300. The van der Waals surface area contributed by atoms with Crippen LogP contribution >= 0.6 is 11.6 Å². The normalized spacial score (nSPS) is 13.1. The number of hydrogen-bond acceptors (Lipinski definition) is 3. The van der Waals surface area contributed by atoms with E-state index < -0.39 is 6.10 Å². The lowest BCUT2D eigenvalue weighted by Gasteiger charge is -2.13. The molecule has 1 atom stereocenters. The average molecular weight is 244 g/mol. The monoisotopic (exact) mass is 243 g/mol. The Kier molecular flexibility index (Phi) is 5.77. The first-order chi connectivity index (χ1) is 7.59. The second-order valence-electron chi connectivity index (χ2n) is 4.12. The molecule has 3 nitrogen and oxygen atoms in total. The van der Waals surface area contributed by atoms with Crippen LogP contribution in [0.5, 0.6) is 0 Å². The fourth-order valence-corrected chi connectivity index (χ4v) is 1.29. The minimum absolute atomic E-state index is 0.369. The van der Waals surface area contributed by atoms with Gasteiger partial charge in [-0.05, 0) is 23.6 Å². The van der Waals surface area contributed by atoms with Crippen LogP contribution in [0.1, 0.15) is 25.5 Å². The predicted molar refractivity (Wildman–Crippen MR) is 65.2 cm³/mol. The van der Waals surface area contributed by atoms with Gasteiger partial charge < -0.3 is 9.94 Å². The number of benzene rings is 1. The van der Waals surface area contributed by atoms with Crippen molar-refractivity contribution in [3.8, 4) is 0 Å². The molecule has 0 spiro atoms. The molecule has 0 radical (unpaired) electrons. The minimum Gasteiger partial charge on any atom is -0.387 e. The third kappa shape index (κ3) is 4.94. The van der Waals surface area contributed by atoms with Gasteiger partial charge in [-0.15, -0.1) is 0 Å². The fraction of sp³-hybridized carbons (Fsp3) is 0.500. The molecule has 16 heavy (non-hydrogen) atoms. The quantitative estimate of drug-likeness (QED) is 0.596. The number of aliphatic hydroxyl groups is 1. The highest BCUT2D eigenvalue weighted by Crippen LogP contribution is 2.15. The number of hydrogen-bond donors (Lipinski definition) is 2. The largest absolute Gasteiger partial charge is 0.387 e. The first kappa shape index (κ1) is 13.5. The Morgan fingerprint density at radius 3 is 2.50 bits per heavy atom. The van der Waals surface area contributed by atoms with Crippen LogP contribution in [0, 0.1) is 5.92 Å². The lowest BCUT2D eigenvalue weighted by molar-refractivity contribution is 0.000341. The summed E-state index contributed by atoms with van der Waals surface area (Å²) in [6, 6.07) is 7.12. The van der Waals surface area contributed by atoms with Crippen molar-refractivity contribution < 1.29 is 9.94 Å². The summed E-state index contributed by atoms with van der Waals surface area (Å²) in [5.41, 5.74) is 3.57. The van der Waals surface area contributed by atoms with E-state index in [-0.39, 0.29) is 0 Å². The summed E-state index contributed by atoms with van der Waals surface area (Å²) in [5, 5.41) is 10.5. The number of aliphatic hydroxyl groups excluding tert-OH is 1. The Balaban J connectivity index is 2.29. The molecule has 0 aliphatic heterocycles. The molecule has 90 valence electrons. The van der Waals surface area contributed by atoms with E-state index >= 15 is 0 Å². The van der Waals surface area contributed by atoms with Crippen LogP contribution in [0.25, 0.3) is 0 Å². The van der Waals surface area contributed by atoms with Gasteiger partial charge in [-0.2, -0.15) is 5.48 Å². The van der Waals surface area contributed by atoms with Crippen molar-refractivity contribution >= 4 is 11.6 Å². The van der Waals surface area contributed by atoms with Crippen LogP contribution in [0.4, 0.5) is 0 Å². The zero-order valence-corrected chi connectivity index (χ0v) is 10.4. The van der Waals surface area contributed by atoms with Crippen molar-refractivity contribution in [3.63, 3.8) is 0 Å². The van der Waals surface area contributed by atoms with Crippen molar-refractivity contribution in [2.45, 2.75) is 20.0 Å². The number of nitrogens with one attached hydrogen (secondary N) is 1. The molecule has 1 aromatic rings. The molecule has 4 heteroatoms. The van der Waals surface area contributed by atoms with E-state index in [1.165, 1.54) is 0 Å². The second-order valence-corrected chi connectivity index (χ2v) is 4.56. The van der Waals surface area contributed by atoms with E-state index in [2.05, 4.69) is 19.3 Å². The minimum atomic E-state index is -0.579. The average Bonchev–Trinajstić information content (AvgIpc) is 2.25. The SMILES string of the molecule is CC(C)CONCC(O)c1ccc(Cl)cc1. The van der Waals surface area contributed by atoms with Crippen molar-refractivity contribution in [2.24, 2.45) is 5.92 Å². The zero-order valence-electron chi connectivity index (χ0n) is 9.61. The summed E-state index contributed by atoms with van der Waals surface area (Å²) in [5.74, 6) is 0.472.